The van der Waals surface area contributed by atoms with Gasteiger partial charge in [0.2, 0.25) is 15.9 Å². The molecule has 2 heterocycles. The zero-order chi connectivity index (χ0) is 21.0. The third kappa shape index (κ3) is 5.35. The Hall–Kier alpha value is -2.41. The highest BCUT2D eigenvalue weighted by molar-refractivity contribution is 7.99. The van der Waals surface area contributed by atoms with Crippen molar-refractivity contribution >= 4 is 45.0 Å². The number of anilines is 3. The molecule has 29 heavy (non-hydrogen) atoms. The number of rotatable bonds is 6. The van der Waals surface area contributed by atoms with Gasteiger partial charge in [0.15, 0.2) is 5.16 Å². The van der Waals surface area contributed by atoms with Crippen molar-refractivity contribution in [2.75, 3.05) is 48.8 Å². The lowest BCUT2D eigenvalue weighted by atomic mass is 10.2. The molecule has 0 aliphatic carbocycles. The van der Waals surface area contributed by atoms with Gasteiger partial charge in [-0.2, -0.15) is 4.31 Å². The molecule has 1 amide bonds. The number of thioether (sulfide) groups is 1. The Morgan fingerprint density at radius 2 is 1.86 bits per heavy atom. The van der Waals surface area contributed by atoms with Crippen molar-refractivity contribution in [2.24, 2.45) is 0 Å². The Bertz CT molecular complexity index is 989. The van der Waals surface area contributed by atoms with Crippen molar-refractivity contribution in [2.45, 2.75) is 17.0 Å². The van der Waals surface area contributed by atoms with Crippen LogP contribution in [0, 0.1) is 6.92 Å². The van der Waals surface area contributed by atoms with E-state index >= 15 is 0 Å². The fraction of sp³-hybridized carbons (Fsp3) is 0.353. The maximum Gasteiger partial charge on any atom is 0.243 e. The van der Waals surface area contributed by atoms with Crippen LogP contribution in [0.5, 0.6) is 0 Å². The number of benzene rings is 1. The Kier molecular flexibility index (Phi) is 6.57. The summed E-state index contributed by atoms with van der Waals surface area (Å²) in [4.78, 5) is 20.5. The van der Waals surface area contributed by atoms with Gasteiger partial charge < -0.3 is 21.5 Å². The molecule has 0 saturated carbocycles. The summed E-state index contributed by atoms with van der Waals surface area (Å²) in [7, 11) is -3.65. The summed E-state index contributed by atoms with van der Waals surface area (Å²) in [5, 5.41) is 3.03. The minimum atomic E-state index is -3.65. The van der Waals surface area contributed by atoms with Crippen molar-refractivity contribution < 1.29 is 17.9 Å². The van der Waals surface area contributed by atoms with Gasteiger partial charge in [0, 0.05) is 24.8 Å². The minimum Gasteiger partial charge on any atom is -0.383 e. The lowest BCUT2D eigenvalue weighted by molar-refractivity contribution is -0.113. The van der Waals surface area contributed by atoms with E-state index in [2.05, 4.69) is 15.3 Å². The van der Waals surface area contributed by atoms with Gasteiger partial charge in [-0.15, -0.1) is 0 Å². The van der Waals surface area contributed by atoms with E-state index in [9.17, 15) is 13.2 Å². The number of sulfonamides is 1. The van der Waals surface area contributed by atoms with Crippen LogP contribution in [0.2, 0.25) is 0 Å². The first-order valence-corrected chi connectivity index (χ1v) is 11.2. The van der Waals surface area contributed by atoms with Gasteiger partial charge in [-0.25, -0.2) is 18.4 Å². The summed E-state index contributed by atoms with van der Waals surface area (Å²) < 4.78 is 32.2. The van der Waals surface area contributed by atoms with E-state index in [1.54, 1.807) is 13.0 Å². The maximum atomic E-state index is 12.8. The van der Waals surface area contributed by atoms with E-state index in [1.807, 2.05) is 0 Å². The van der Waals surface area contributed by atoms with Gasteiger partial charge in [0.05, 0.1) is 23.9 Å². The molecule has 3 rings (SSSR count). The Labute approximate surface area is 173 Å². The van der Waals surface area contributed by atoms with Gasteiger partial charge in [0.1, 0.15) is 11.6 Å². The Morgan fingerprint density at radius 3 is 2.52 bits per heavy atom. The van der Waals surface area contributed by atoms with E-state index in [1.165, 1.54) is 22.5 Å². The second-order valence-electron chi connectivity index (χ2n) is 6.33. The van der Waals surface area contributed by atoms with Crippen LogP contribution in [0.15, 0.2) is 34.3 Å². The first kappa shape index (κ1) is 21.3. The molecular weight excluding hydrogens is 416 g/mol. The zero-order valence-corrected chi connectivity index (χ0v) is 17.4. The molecule has 1 aliphatic rings. The van der Waals surface area contributed by atoms with Gasteiger partial charge in [0.25, 0.3) is 0 Å². The summed E-state index contributed by atoms with van der Waals surface area (Å²) in [6.45, 7) is 3.12. The van der Waals surface area contributed by atoms with Crippen LogP contribution in [-0.2, 0) is 19.6 Å². The number of nitrogens with one attached hydrogen (secondary N) is 1. The number of carbonyl (C=O) groups excluding carboxylic acids is 1. The number of morpholine rings is 1. The SMILES string of the molecule is Cc1ccc(S(=O)(=O)N2CCOCC2)cc1NC(=O)CSc1nc(N)cc(N)n1. The summed E-state index contributed by atoms with van der Waals surface area (Å²) in [6.07, 6.45) is 0. The molecule has 0 spiro atoms. The van der Waals surface area contributed by atoms with Crippen LogP contribution in [0.1, 0.15) is 5.56 Å². The standard InChI is InChI=1S/C17H22N6O4S2/c1-11-2-3-12(29(25,26)23-4-6-27-7-5-23)8-13(11)20-16(24)10-28-17-21-14(18)9-15(19)22-17/h2-3,8-9H,4-7,10H2,1H3,(H,20,24)(H4,18,19,21,22). The number of hydrogen-bond donors (Lipinski definition) is 3. The second kappa shape index (κ2) is 8.95. The monoisotopic (exact) mass is 438 g/mol. The fourth-order valence-electron chi connectivity index (χ4n) is 2.68. The molecule has 0 unspecified atom stereocenters. The first-order valence-electron chi connectivity index (χ1n) is 8.77. The summed E-state index contributed by atoms with van der Waals surface area (Å²) in [6, 6.07) is 6.09. The molecule has 2 aromatic rings. The zero-order valence-electron chi connectivity index (χ0n) is 15.8. The van der Waals surface area contributed by atoms with E-state index in [0.29, 0.717) is 32.0 Å². The molecule has 1 saturated heterocycles. The van der Waals surface area contributed by atoms with Crippen molar-refractivity contribution in [1.29, 1.82) is 0 Å². The van der Waals surface area contributed by atoms with Crippen LogP contribution >= 0.6 is 11.8 Å². The number of nitrogen functional groups attached to an aromatic ring is 2. The van der Waals surface area contributed by atoms with Gasteiger partial charge in [-0.05, 0) is 24.6 Å². The van der Waals surface area contributed by atoms with Crippen molar-refractivity contribution in [3.8, 4) is 0 Å². The van der Waals surface area contributed by atoms with Crippen LogP contribution < -0.4 is 16.8 Å². The number of ether oxygens (including phenoxy) is 1. The second-order valence-corrected chi connectivity index (χ2v) is 9.21. The molecule has 1 aromatic carbocycles. The van der Waals surface area contributed by atoms with E-state index in [-0.39, 0.29) is 33.3 Å². The van der Waals surface area contributed by atoms with Crippen molar-refractivity contribution in [1.82, 2.24) is 14.3 Å². The molecule has 156 valence electrons. The summed E-state index contributed by atoms with van der Waals surface area (Å²) in [5.41, 5.74) is 12.4. The fourth-order valence-corrected chi connectivity index (χ4v) is 4.78. The smallest absolute Gasteiger partial charge is 0.243 e. The number of carbonyl (C=O) groups is 1. The van der Waals surface area contributed by atoms with E-state index in [0.717, 1.165) is 17.3 Å². The van der Waals surface area contributed by atoms with E-state index < -0.39 is 10.0 Å². The highest BCUT2D eigenvalue weighted by Gasteiger charge is 2.26. The molecule has 0 bridgehead atoms. The van der Waals surface area contributed by atoms with Gasteiger partial charge >= 0.3 is 0 Å². The van der Waals surface area contributed by atoms with Gasteiger partial charge in [-0.3, -0.25) is 4.79 Å². The third-order valence-electron chi connectivity index (χ3n) is 4.17. The molecule has 12 heteroatoms. The number of aryl methyl sites for hydroxylation is 1. The molecule has 10 nitrogen and oxygen atoms in total. The van der Waals surface area contributed by atoms with Crippen LogP contribution in [-0.4, -0.2) is 60.7 Å². The average molecular weight is 439 g/mol. The summed E-state index contributed by atoms with van der Waals surface area (Å²) in [5.74, 6) is 0.126. The average Bonchev–Trinajstić information content (AvgIpc) is 2.68. The Balaban J connectivity index is 1.70. The van der Waals surface area contributed by atoms with Crippen molar-refractivity contribution in [3.63, 3.8) is 0 Å². The minimum absolute atomic E-state index is 0.0166. The summed E-state index contributed by atoms with van der Waals surface area (Å²) >= 11 is 1.08. The predicted octanol–water partition coefficient (Wildman–Crippen LogP) is 0.701. The highest BCUT2D eigenvalue weighted by Crippen LogP contribution is 2.24. The van der Waals surface area contributed by atoms with Gasteiger partial charge in [-0.1, -0.05) is 17.8 Å². The van der Waals surface area contributed by atoms with Crippen LogP contribution in [0.25, 0.3) is 0 Å². The number of nitrogens with zero attached hydrogens (tertiary/aromatic N) is 3. The Morgan fingerprint density at radius 1 is 1.21 bits per heavy atom. The van der Waals surface area contributed by atoms with Crippen LogP contribution in [0.3, 0.4) is 0 Å². The van der Waals surface area contributed by atoms with Crippen LogP contribution in [0.4, 0.5) is 17.3 Å². The largest absolute Gasteiger partial charge is 0.383 e. The normalized spacial score (nSPS) is 15.2. The molecule has 1 fully saturated rings. The number of aromatic nitrogens is 2. The quantitative estimate of drug-likeness (QED) is 0.437. The van der Waals surface area contributed by atoms with Crippen molar-refractivity contribution in [3.05, 3.63) is 29.8 Å². The predicted molar refractivity (Wildman–Crippen MR) is 111 cm³/mol. The topological polar surface area (TPSA) is 154 Å². The number of hydrogen-bond acceptors (Lipinski definition) is 9. The molecule has 5 N–H and O–H groups in total. The third-order valence-corrected chi connectivity index (χ3v) is 6.91. The lowest BCUT2D eigenvalue weighted by Gasteiger charge is -2.26. The highest BCUT2D eigenvalue weighted by atomic mass is 32.2. The molecule has 1 aromatic heterocycles. The first-order chi connectivity index (χ1) is 13.8. The maximum absolute atomic E-state index is 12.8. The molecule has 0 radical (unpaired) electrons. The molecule has 1 aliphatic heterocycles. The molecule has 0 atom stereocenters. The lowest BCUT2D eigenvalue weighted by Crippen LogP contribution is -2.40. The number of amides is 1. The van der Waals surface area contributed by atoms with E-state index in [4.69, 9.17) is 16.2 Å². The number of nitrogens with two attached hydrogens (primary N) is 2. The molecular formula is C17H22N6O4S2.